The average molecular weight is 446 g/mol. The number of hydrogen-bond acceptors (Lipinski definition) is 7. The number of esters is 1. The molecule has 0 spiro atoms. The molecule has 0 amide bonds. The molecule has 1 saturated carbocycles. The number of rotatable bonds is 9. The van der Waals surface area contributed by atoms with Gasteiger partial charge in [0.1, 0.15) is 28.0 Å². The number of thiophene rings is 1. The van der Waals surface area contributed by atoms with E-state index in [0.29, 0.717) is 57.8 Å². The van der Waals surface area contributed by atoms with Crippen LogP contribution in [0, 0.1) is 12.7 Å². The largest absolute Gasteiger partial charge is 0.459 e. The molecule has 3 aromatic rings. The first-order valence-corrected chi connectivity index (χ1v) is 11.0. The van der Waals surface area contributed by atoms with Crippen LogP contribution in [-0.2, 0) is 22.6 Å². The maximum Gasteiger partial charge on any atom is 0.348 e. The molecule has 164 valence electrons. The minimum absolute atomic E-state index is 0.143. The molecule has 1 N–H and O–H groups in total. The van der Waals surface area contributed by atoms with E-state index in [2.05, 4.69) is 14.9 Å². The fourth-order valence-electron chi connectivity index (χ4n) is 3.53. The Labute approximate surface area is 182 Å². The van der Waals surface area contributed by atoms with Gasteiger partial charge in [-0.15, -0.1) is 11.3 Å². The van der Waals surface area contributed by atoms with Crippen molar-refractivity contribution in [3.8, 4) is 0 Å². The second-order valence-electron chi connectivity index (χ2n) is 7.61. The summed E-state index contributed by atoms with van der Waals surface area (Å²) in [4.78, 5) is 35.6. The molecule has 0 saturated heterocycles. The molecule has 1 aliphatic carbocycles. The first-order valence-electron chi connectivity index (χ1n) is 10.1. The highest BCUT2D eigenvalue weighted by molar-refractivity contribution is 7.20. The van der Waals surface area contributed by atoms with Crippen molar-refractivity contribution >= 4 is 27.5 Å². The summed E-state index contributed by atoms with van der Waals surface area (Å²) in [5.74, 6) is -0.227. The number of ether oxygens (including phenoxy) is 2. The number of nitrogens with zero attached hydrogens (tertiary/aromatic N) is 2. The molecule has 0 radical (unpaired) electrons. The Morgan fingerprint density at radius 1 is 1.29 bits per heavy atom. The van der Waals surface area contributed by atoms with Crippen molar-refractivity contribution in [1.29, 1.82) is 0 Å². The monoisotopic (exact) mass is 445 g/mol. The van der Waals surface area contributed by atoms with Crippen molar-refractivity contribution in [2.45, 2.75) is 38.9 Å². The quantitative estimate of drug-likeness (QED) is 0.401. The Morgan fingerprint density at radius 2 is 2.06 bits per heavy atom. The first-order chi connectivity index (χ1) is 15.0. The molecule has 2 heterocycles. The van der Waals surface area contributed by atoms with Crippen molar-refractivity contribution < 1.29 is 18.7 Å². The van der Waals surface area contributed by atoms with Crippen LogP contribution in [-0.4, -0.2) is 47.2 Å². The van der Waals surface area contributed by atoms with Gasteiger partial charge >= 0.3 is 5.97 Å². The number of aryl methyl sites for hydroxylation is 1. The van der Waals surface area contributed by atoms with Gasteiger partial charge in [0, 0.05) is 25.3 Å². The zero-order chi connectivity index (χ0) is 22.0. The third-order valence-corrected chi connectivity index (χ3v) is 6.47. The van der Waals surface area contributed by atoms with Gasteiger partial charge in [0.05, 0.1) is 18.5 Å². The second kappa shape index (κ2) is 9.25. The molecule has 4 rings (SSSR count). The van der Waals surface area contributed by atoms with E-state index in [-0.39, 0.29) is 18.0 Å². The van der Waals surface area contributed by atoms with Gasteiger partial charge in [-0.1, -0.05) is 18.2 Å². The molecule has 9 heteroatoms. The molecule has 0 atom stereocenters. The average Bonchev–Trinajstić information content (AvgIpc) is 3.53. The van der Waals surface area contributed by atoms with Crippen molar-refractivity contribution in [2.75, 3.05) is 20.3 Å². The van der Waals surface area contributed by atoms with Crippen LogP contribution in [0.15, 0.2) is 29.1 Å². The fraction of sp³-hybridized carbons (Fsp3) is 0.409. The number of methoxy groups -OCH3 is 1. The molecule has 0 bridgehead atoms. The van der Waals surface area contributed by atoms with Gasteiger partial charge in [0.25, 0.3) is 5.56 Å². The molecule has 31 heavy (non-hydrogen) atoms. The first kappa shape index (κ1) is 21.6. The lowest BCUT2D eigenvalue weighted by Gasteiger charge is -2.21. The van der Waals surface area contributed by atoms with Crippen molar-refractivity contribution in [2.24, 2.45) is 0 Å². The van der Waals surface area contributed by atoms with Gasteiger partial charge < -0.3 is 14.5 Å². The van der Waals surface area contributed by atoms with Crippen LogP contribution >= 0.6 is 11.3 Å². The molecule has 2 aromatic heterocycles. The van der Waals surface area contributed by atoms with Gasteiger partial charge in [0.2, 0.25) is 0 Å². The van der Waals surface area contributed by atoms with Crippen molar-refractivity contribution in [3.63, 3.8) is 0 Å². The van der Waals surface area contributed by atoms with E-state index >= 15 is 0 Å². The summed E-state index contributed by atoms with van der Waals surface area (Å²) in [6.45, 7) is 3.01. The predicted molar refractivity (Wildman–Crippen MR) is 116 cm³/mol. The third-order valence-electron chi connectivity index (χ3n) is 5.30. The number of hydrogen-bond donors (Lipinski definition) is 1. The van der Waals surface area contributed by atoms with E-state index in [9.17, 15) is 14.0 Å². The lowest BCUT2D eigenvalue weighted by molar-refractivity contribution is 0.0393. The Hall–Kier alpha value is -2.62. The van der Waals surface area contributed by atoms with Crippen LogP contribution in [0.4, 0.5) is 4.39 Å². The maximum atomic E-state index is 14.1. The Morgan fingerprint density at radius 3 is 2.77 bits per heavy atom. The normalized spacial score (nSPS) is 13.8. The van der Waals surface area contributed by atoms with Gasteiger partial charge in [0.15, 0.2) is 0 Å². The van der Waals surface area contributed by atoms with Crippen LogP contribution in [0.3, 0.4) is 0 Å². The summed E-state index contributed by atoms with van der Waals surface area (Å²) in [6, 6.07) is 7.06. The van der Waals surface area contributed by atoms with E-state index in [0.717, 1.165) is 24.2 Å². The van der Waals surface area contributed by atoms with Crippen molar-refractivity contribution in [3.05, 3.63) is 62.3 Å². The summed E-state index contributed by atoms with van der Waals surface area (Å²) in [5, 5.41) is 0.402. The summed E-state index contributed by atoms with van der Waals surface area (Å²) >= 11 is 1.15. The van der Waals surface area contributed by atoms with E-state index < -0.39 is 5.97 Å². The lowest BCUT2D eigenvalue weighted by Crippen LogP contribution is -2.27. The van der Waals surface area contributed by atoms with Crippen LogP contribution in [0.1, 0.15) is 39.5 Å². The molecule has 1 aliphatic rings. The summed E-state index contributed by atoms with van der Waals surface area (Å²) in [5.41, 5.74) is 0.894. The second-order valence-corrected chi connectivity index (χ2v) is 8.60. The Balaban J connectivity index is 1.58. The summed E-state index contributed by atoms with van der Waals surface area (Å²) < 4.78 is 24.2. The highest BCUT2D eigenvalue weighted by Crippen LogP contribution is 2.31. The number of aromatic nitrogens is 2. The minimum atomic E-state index is -0.488. The topological polar surface area (TPSA) is 84.5 Å². The lowest BCUT2D eigenvalue weighted by atomic mass is 10.2. The highest BCUT2D eigenvalue weighted by Gasteiger charge is 2.30. The molecular weight excluding hydrogens is 421 g/mol. The molecule has 1 aromatic carbocycles. The number of fused-ring (bicyclic) bond motifs is 1. The van der Waals surface area contributed by atoms with Crippen LogP contribution in [0.5, 0.6) is 0 Å². The van der Waals surface area contributed by atoms with E-state index in [1.807, 2.05) is 6.07 Å². The molecule has 0 aliphatic heterocycles. The standard InChI is InChI=1S/C22H24FN3O4S/c1-13-18-20(27)24-17(25-21(18)31-19(13)22(28)30-10-9-29-2)12-26(15-7-8-15)11-14-5-3-4-6-16(14)23/h3-6,15H,7-12H2,1-2H3,(H,24,25,27). The molecule has 7 nitrogen and oxygen atoms in total. The Bertz CT molecular complexity index is 1160. The number of aromatic amines is 1. The number of carbonyl (C=O) groups is 1. The number of carbonyl (C=O) groups excluding carboxylic acids is 1. The Kier molecular flexibility index (Phi) is 6.45. The maximum absolute atomic E-state index is 14.1. The van der Waals surface area contributed by atoms with E-state index in [1.165, 1.54) is 13.2 Å². The smallest absolute Gasteiger partial charge is 0.348 e. The summed E-state index contributed by atoms with van der Waals surface area (Å²) in [6.07, 6.45) is 2.08. The number of H-pyrrole nitrogens is 1. The number of halogens is 1. The number of nitrogens with one attached hydrogen (secondary N) is 1. The summed E-state index contributed by atoms with van der Waals surface area (Å²) in [7, 11) is 1.53. The minimum Gasteiger partial charge on any atom is -0.459 e. The zero-order valence-corrected chi connectivity index (χ0v) is 18.3. The van der Waals surface area contributed by atoms with E-state index in [4.69, 9.17) is 9.47 Å². The van der Waals surface area contributed by atoms with Gasteiger partial charge in [-0.05, 0) is 31.4 Å². The molecule has 0 unspecified atom stereocenters. The highest BCUT2D eigenvalue weighted by atomic mass is 32.1. The van der Waals surface area contributed by atoms with Crippen LogP contribution in [0.25, 0.3) is 10.2 Å². The van der Waals surface area contributed by atoms with Crippen LogP contribution < -0.4 is 5.56 Å². The molecule has 1 fully saturated rings. The number of benzene rings is 1. The van der Waals surface area contributed by atoms with Crippen molar-refractivity contribution in [1.82, 2.24) is 14.9 Å². The van der Waals surface area contributed by atoms with E-state index in [1.54, 1.807) is 19.1 Å². The van der Waals surface area contributed by atoms with Crippen LogP contribution in [0.2, 0.25) is 0 Å². The van der Waals surface area contributed by atoms with Gasteiger partial charge in [-0.3, -0.25) is 9.69 Å². The SMILES string of the molecule is COCCOC(=O)c1sc2nc(CN(Cc3ccccc3F)C3CC3)[nH]c(=O)c2c1C. The van der Waals surface area contributed by atoms with Gasteiger partial charge in [-0.2, -0.15) is 0 Å². The molecular formula is C22H24FN3O4S. The van der Waals surface area contributed by atoms with Gasteiger partial charge in [-0.25, -0.2) is 14.2 Å². The predicted octanol–water partition coefficient (Wildman–Crippen LogP) is 3.40. The zero-order valence-electron chi connectivity index (χ0n) is 17.4. The third kappa shape index (κ3) is 4.84. The fourth-order valence-corrected chi connectivity index (χ4v) is 4.63.